The minimum Gasteiger partial charge on any atom is -0.493 e. The lowest BCUT2D eigenvalue weighted by Gasteiger charge is -2.14. The quantitative estimate of drug-likeness (QED) is 0.568. The Bertz CT molecular complexity index is 917. The van der Waals surface area contributed by atoms with Gasteiger partial charge in [-0.15, -0.1) is 0 Å². The van der Waals surface area contributed by atoms with E-state index in [-0.39, 0.29) is 18.0 Å². The van der Waals surface area contributed by atoms with Gasteiger partial charge in [0.1, 0.15) is 0 Å². The zero-order valence-corrected chi connectivity index (χ0v) is 17.8. The Morgan fingerprint density at radius 3 is 2.00 bits per heavy atom. The molecule has 2 N–H and O–H groups in total. The molecule has 158 valence electrons. The van der Waals surface area contributed by atoms with Crippen LogP contribution >= 0.6 is 0 Å². The van der Waals surface area contributed by atoms with Gasteiger partial charge in [-0.1, -0.05) is 19.1 Å². The van der Waals surface area contributed by atoms with Gasteiger partial charge in [0, 0.05) is 18.7 Å². The lowest BCUT2D eigenvalue weighted by molar-refractivity contribution is 0.0953. The maximum absolute atomic E-state index is 12.4. The van der Waals surface area contributed by atoms with E-state index in [9.17, 15) is 13.2 Å². The van der Waals surface area contributed by atoms with E-state index >= 15 is 0 Å². The zero-order valence-electron chi connectivity index (χ0n) is 16.9. The fourth-order valence-electron chi connectivity index (χ4n) is 2.66. The average Bonchev–Trinajstić information content (AvgIpc) is 2.75. The second kappa shape index (κ2) is 10.1. The SMILES string of the molecule is CCc1ccc(S(=O)(=O)NCCNC(=O)c2cc(OC)c(OC)c(OC)c2)cc1. The molecule has 2 aromatic rings. The van der Waals surface area contributed by atoms with Crippen LogP contribution in [0.3, 0.4) is 0 Å². The summed E-state index contributed by atoms with van der Waals surface area (Å²) in [5.74, 6) is 0.700. The molecule has 0 radical (unpaired) electrons. The number of hydrogen-bond acceptors (Lipinski definition) is 6. The largest absolute Gasteiger partial charge is 0.493 e. The number of rotatable bonds is 10. The third-order valence-corrected chi connectivity index (χ3v) is 5.75. The van der Waals surface area contributed by atoms with E-state index in [1.807, 2.05) is 6.92 Å². The summed E-state index contributed by atoms with van der Waals surface area (Å²) in [6.45, 7) is 2.16. The Morgan fingerprint density at radius 1 is 0.931 bits per heavy atom. The number of amides is 1. The Labute approximate surface area is 171 Å². The monoisotopic (exact) mass is 422 g/mol. The number of sulfonamides is 1. The average molecular weight is 423 g/mol. The van der Waals surface area contributed by atoms with Crippen LogP contribution in [0.4, 0.5) is 0 Å². The molecular weight excluding hydrogens is 396 g/mol. The number of carbonyl (C=O) groups excluding carboxylic acids is 1. The summed E-state index contributed by atoms with van der Waals surface area (Å²) in [5.41, 5.74) is 1.36. The summed E-state index contributed by atoms with van der Waals surface area (Å²) in [5, 5.41) is 2.66. The molecule has 9 heteroatoms. The minimum atomic E-state index is -3.64. The molecule has 2 rings (SSSR count). The van der Waals surface area contributed by atoms with Crippen molar-refractivity contribution in [1.29, 1.82) is 0 Å². The summed E-state index contributed by atoms with van der Waals surface area (Å²) in [6, 6.07) is 9.74. The van der Waals surface area contributed by atoms with Crippen LogP contribution in [0.15, 0.2) is 41.3 Å². The van der Waals surface area contributed by atoms with Crippen molar-refractivity contribution in [2.75, 3.05) is 34.4 Å². The molecule has 0 aliphatic rings. The van der Waals surface area contributed by atoms with Gasteiger partial charge >= 0.3 is 0 Å². The van der Waals surface area contributed by atoms with Crippen LogP contribution in [0.2, 0.25) is 0 Å². The van der Waals surface area contributed by atoms with Crippen LogP contribution in [-0.4, -0.2) is 48.7 Å². The molecule has 0 fully saturated rings. The highest BCUT2D eigenvalue weighted by Gasteiger charge is 2.17. The van der Waals surface area contributed by atoms with Gasteiger partial charge in [0.25, 0.3) is 5.91 Å². The Kier molecular flexibility index (Phi) is 7.86. The first kappa shape index (κ1) is 22.5. The van der Waals surface area contributed by atoms with E-state index in [1.54, 1.807) is 24.3 Å². The van der Waals surface area contributed by atoms with Gasteiger partial charge in [0.05, 0.1) is 26.2 Å². The number of benzene rings is 2. The van der Waals surface area contributed by atoms with Gasteiger partial charge in [-0.2, -0.15) is 0 Å². The highest BCUT2D eigenvalue weighted by Crippen LogP contribution is 2.38. The first-order valence-corrected chi connectivity index (χ1v) is 10.5. The Balaban J connectivity index is 1.97. The number of carbonyl (C=O) groups is 1. The van der Waals surface area contributed by atoms with Crippen LogP contribution in [0.1, 0.15) is 22.8 Å². The molecule has 0 bridgehead atoms. The molecular formula is C20H26N2O6S. The molecule has 8 nitrogen and oxygen atoms in total. The highest BCUT2D eigenvalue weighted by molar-refractivity contribution is 7.89. The van der Waals surface area contributed by atoms with Crippen molar-refractivity contribution in [2.24, 2.45) is 0 Å². The number of nitrogens with one attached hydrogen (secondary N) is 2. The van der Waals surface area contributed by atoms with Crippen molar-refractivity contribution in [2.45, 2.75) is 18.2 Å². The van der Waals surface area contributed by atoms with Crippen molar-refractivity contribution in [3.63, 3.8) is 0 Å². The molecule has 1 amide bonds. The Hall–Kier alpha value is -2.78. The van der Waals surface area contributed by atoms with Crippen molar-refractivity contribution < 1.29 is 27.4 Å². The first-order valence-electron chi connectivity index (χ1n) is 9.03. The topological polar surface area (TPSA) is 103 Å². The van der Waals surface area contributed by atoms with Crippen molar-refractivity contribution in [3.8, 4) is 17.2 Å². The van der Waals surface area contributed by atoms with E-state index in [4.69, 9.17) is 14.2 Å². The number of hydrogen-bond donors (Lipinski definition) is 2. The molecule has 0 aromatic heterocycles. The number of aryl methyl sites for hydroxylation is 1. The molecule has 0 heterocycles. The third-order valence-electron chi connectivity index (χ3n) is 4.27. The van der Waals surface area contributed by atoms with E-state index in [0.717, 1.165) is 12.0 Å². The lowest BCUT2D eigenvalue weighted by atomic mass is 10.1. The predicted molar refractivity (Wildman–Crippen MR) is 109 cm³/mol. The standard InChI is InChI=1S/C20H26N2O6S/c1-5-14-6-8-16(9-7-14)29(24,25)22-11-10-21-20(23)15-12-17(26-2)19(28-4)18(13-15)27-3/h6-9,12-13,22H,5,10-11H2,1-4H3,(H,21,23). The van der Waals surface area contributed by atoms with Gasteiger partial charge in [-0.3, -0.25) is 4.79 Å². The van der Waals surface area contributed by atoms with Crippen LogP contribution in [-0.2, 0) is 16.4 Å². The fourth-order valence-corrected chi connectivity index (χ4v) is 3.70. The molecule has 0 unspecified atom stereocenters. The summed E-state index contributed by atoms with van der Waals surface area (Å²) in [6.07, 6.45) is 0.834. The molecule has 0 atom stereocenters. The van der Waals surface area contributed by atoms with Crippen LogP contribution in [0.25, 0.3) is 0 Å². The maximum Gasteiger partial charge on any atom is 0.251 e. The normalized spacial score (nSPS) is 11.0. The van der Waals surface area contributed by atoms with Crippen molar-refractivity contribution >= 4 is 15.9 Å². The highest BCUT2D eigenvalue weighted by atomic mass is 32.2. The number of methoxy groups -OCH3 is 3. The smallest absolute Gasteiger partial charge is 0.251 e. The van der Waals surface area contributed by atoms with Crippen molar-refractivity contribution in [1.82, 2.24) is 10.0 Å². The van der Waals surface area contributed by atoms with Crippen molar-refractivity contribution in [3.05, 3.63) is 47.5 Å². The van der Waals surface area contributed by atoms with Gasteiger partial charge in [0.2, 0.25) is 15.8 Å². The lowest BCUT2D eigenvalue weighted by Crippen LogP contribution is -2.34. The summed E-state index contributed by atoms with van der Waals surface area (Å²) in [7, 11) is 0.756. The van der Waals surface area contributed by atoms with Gasteiger partial charge < -0.3 is 19.5 Å². The van der Waals surface area contributed by atoms with Crippen LogP contribution in [0, 0.1) is 0 Å². The van der Waals surface area contributed by atoms with E-state index in [0.29, 0.717) is 22.8 Å². The molecule has 29 heavy (non-hydrogen) atoms. The molecule has 0 saturated carbocycles. The maximum atomic E-state index is 12.4. The van der Waals surface area contributed by atoms with Crippen LogP contribution in [0.5, 0.6) is 17.2 Å². The van der Waals surface area contributed by atoms with E-state index in [2.05, 4.69) is 10.0 Å². The summed E-state index contributed by atoms with van der Waals surface area (Å²) in [4.78, 5) is 12.6. The molecule has 2 aromatic carbocycles. The first-order chi connectivity index (χ1) is 13.9. The molecule has 0 saturated heterocycles. The van der Waals surface area contributed by atoms with Gasteiger partial charge in [-0.05, 0) is 36.2 Å². The third kappa shape index (κ3) is 5.61. The second-order valence-electron chi connectivity index (χ2n) is 6.07. The Morgan fingerprint density at radius 2 is 1.52 bits per heavy atom. The van der Waals surface area contributed by atoms with Gasteiger partial charge in [0.15, 0.2) is 11.5 Å². The molecule has 0 spiro atoms. The minimum absolute atomic E-state index is 0.0496. The van der Waals surface area contributed by atoms with E-state index < -0.39 is 15.9 Å². The molecule has 0 aliphatic heterocycles. The summed E-state index contributed by atoms with van der Waals surface area (Å²) >= 11 is 0. The van der Waals surface area contributed by atoms with E-state index in [1.165, 1.54) is 33.5 Å². The van der Waals surface area contributed by atoms with Crippen LogP contribution < -0.4 is 24.2 Å². The fraction of sp³-hybridized carbons (Fsp3) is 0.350. The predicted octanol–water partition coefficient (Wildman–Crippen LogP) is 1.98. The second-order valence-corrected chi connectivity index (χ2v) is 7.83. The van der Waals surface area contributed by atoms with Gasteiger partial charge in [-0.25, -0.2) is 13.1 Å². The summed E-state index contributed by atoms with van der Waals surface area (Å²) < 4.78 is 42.8. The molecule has 0 aliphatic carbocycles. The zero-order chi connectivity index (χ0) is 21.4. The number of ether oxygens (including phenoxy) is 3.